The number of nitrogen functional groups attached to an aromatic ring is 1. The molecule has 0 amide bonds. The van der Waals surface area contributed by atoms with E-state index in [0.29, 0.717) is 11.5 Å². The highest BCUT2D eigenvalue weighted by atomic mass is 35.5. The third-order valence-corrected chi connectivity index (χ3v) is 3.78. The second kappa shape index (κ2) is 5.58. The van der Waals surface area contributed by atoms with Gasteiger partial charge in [0.05, 0.1) is 6.04 Å². The van der Waals surface area contributed by atoms with Gasteiger partial charge in [0.1, 0.15) is 12.0 Å². The predicted octanol–water partition coefficient (Wildman–Crippen LogP) is 4.04. The zero-order chi connectivity index (χ0) is 14.8. The summed E-state index contributed by atoms with van der Waals surface area (Å²) < 4.78 is 0. The van der Waals surface area contributed by atoms with Crippen LogP contribution in [-0.2, 0) is 0 Å². The average molecular weight is 299 g/mol. The number of hydrogen-bond donors (Lipinski definition) is 2. The highest BCUT2D eigenvalue weighted by Crippen LogP contribution is 2.29. The Kier molecular flexibility index (Phi) is 3.62. The van der Waals surface area contributed by atoms with Crippen molar-refractivity contribution in [2.24, 2.45) is 0 Å². The molecule has 106 valence electrons. The Balaban J connectivity index is 1.97. The van der Waals surface area contributed by atoms with Crippen molar-refractivity contribution in [1.82, 2.24) is 9.97 Å². The Morgan fingerprint density at radius 3 is 2.71 bits per heavy atom. The number of benzene rings is 2. The SMILES string of the molecule is CC(Nc1ncnc(Cl)c1N)c1cccc2ccccc12. The molecule has 0 radical (unpaired) electrons. The van der Waals surface area contributed by atoms with Crippen LogP contribution in [0.15, 0.2) is 48.8 Å². The van der Waals surface area contributed by atoms with Crippen LogP contribution in [0.5, 0.6) is 0 Å². The standard InChI is InChI=1S/C16H15ClN4/c1-10(21-16-14(18)15(17)19-9-20-16)12-8-4-6-11-5-2-3-7-13(11)12/h2-10H,18H2,1H3,(H,19,20,21). The van der Waals surface area contributed by atoms with Crippen molar-refractivity contribution < 1.29 is 0 Å². The zero-order valence-electron chi connectivity index (χ0n) is 11.5. The van der Waals surface area contributed by atoms with Crippen LogP contribution >= 0.6 is 11.6 Å². The number of nitrogens with two attached hydrogens (primary N) is 1. The summed E-state index contributed by atoms with van der Waals surface area (Å²) in [6, 6.07) is 14.6. The summed E-state index contributed by atoms with van der Waals surface area (Å²) in [5, 5.41) is 5.97. The Bertz CT molecular complexity index is 783. The lowest BCUT2D eigenvalue weighted by molar-refractivity contribution is 0.882. The van der Waals surface area contributed by atoms with Gasteiger partial charge in [-0.2, -0.15) is 0 Å². The first-order valence-electron chi connectivity index (χ1n) is 6.67. The number of hydrogen-bond acceptors (Lipinski definition) is 4. The van der Waals surface area contributed by atoms with Gasteiger partial charge in [-0.15, -0.1) is 0 Å². The van der Waals surface area contributed by atoms with E-state index in [2.05, 4.69) is 46.5 Å². The fourth-order valence-corrected chi connectivity index (χ4v) is 2.53. The number of halogens is 1. The molecule has 1 heterocycles. The molecular formula is C16H15ClN4. The summed E-state index contributed by atoms with van der Waals surface area (Å²) in [4.78, 5) is 8.01. The van der Waals surface area contributed by atoms with Crippen molar-refractivity contribution in [3.63, 3.8) is 0 Å². The van der Waals surface area contributed by atoms with E-state index in [9.17, 15) is 0 Å². The van der Waals surface area contributed by atoms with Crippen molar-refractivity contribution in [3.8, 4) is 0 Å². The van der Waals surface area contributed by atoms with E-state index in [1.807, 2.05) is 18.2 Å². The van der Waals surface area contributed by atoms with Crippen LogP contribution in [0.3, 0.4) is 0 Å². The fraction of sp³-hybridized carbons (Fsp3) is 0.125. The van der Waals surface area contributed by atoms with Crippen LogP contribution in [0.1, 0.15) is 18.5 Å². The lowest BCUT2D eigenvalue weighted by Gasteiger charge is -2.18. The maximum absolute atomic E-state index is 5.92. The van der Waals surface area contributed by atoms with E-state index in [0.717, 1.165) is 0 Å². The van der Waals surface area contributed by atoms with Crippen LogP contribution in [-0.4, -0.2) is 9.97 Å². The molecule has 1 atom stereocenters. The van der Waals surface area contributed by atoms with E-state index >= 15 is 0 Å². The average Bonchev–Trinajstić information content (AvgIpc) is 2.51. The zero-order valence-corrected chi connectivity index (χ0v) is 12.3. The second-order valence-electron chi connectivity index (χ2n) is 4.86. The molecule has 5 heteroatoms. The number of rotatable bonds is 3. The maximum atomic E-state index is 5.92. The van der Waals surface area contributed by atoms with Gasteiger partial charge in [-0.1, -0.05) is 54.1 Å². The number of fused-ring (bicyclic) bond motifs is 1. The smallest absolute Gasteiger partial charge is 0.157 e. The van der Waals surface area contributed by atoms with Gasteiger partial charge in [-0.3, -0.25) is 0 Å². The third kappa shape index (κ3) is 2.62. The Hall–Kier alpha value is -2.33. The molecule has 0 saturated heterocycles. The maximum Gasteiger partial charge on any atom is 0.157 e. The normalized spacial score (nSPS) is 12.3. The van der Waals surface area contributed by atoms with Crippen molar-refractivity contribution in [2.75, 3.05) is 11.1 Å². The highest BCUT2D eigenvalue weighted by molar-refractivity contribution is 6.32. The molecule has 0 spiro atoms. The summed E-state index contributed by atoms with van der Waals surface area (Å²) in [5.74, 6) is 0.551. The van der Waals surface area contributed by atoms with E-state index in [1.165, 1.54) is 22.7 Å². The largest absolute Gasteiger partial charge is 0.393 e. The molecule has 0 aliphatic rings. The molecule has 21 heavy (non-hydrogen) atoms. The number of nitrogens with zero attached hydrogens (tertiary/aromatic N) is 2. The Morgan fingerprint density at radius 2 is 1.86 bits per heavy atom. The molecule has 3 rings (SSSR count). The van der Waals surface area contributed by atoms with Crippen LogP contribution in [0.25, 0.3) is 10.8 Å². The van der Waals surface area contributed by atoms with Gasteiger partial charge in [0.2, 0.25) is 0 Å². The third-order valence-electron chi connectivity index (χ3n) is 3.48. The van der Waals surface area contributed by atoms with E-state index in [1.54, 1.807) is 0 Å². The minimum Gasteiger partial charge on any atom is -0.393 e. The van der Waals surface area contributed by atoms with Gasteiger partial charge < -0.3 is 11.1 Å². The Labute approximate surface area is 128 Å². The summed E-state index contributed by atoms with van der Waals surface area (Å²) >= 11 is 5.92. The van der Waals surface area contributed by atoms with Crippen LogP contribution in [0.4, 0.5) is 11.5 Å². The molecule has 0 aliphatic heterocycles. The number of nitrogens with one attached hydrogen (secondary N) is 1. The molecule has 0 saturated carbocycles. The first kappa shape index (κ1) is 13.6. The fourth-order valence-electron chi connectivity index (χ4n) is 2.40. The molecule has 1 aromatic heterocycles. The van der Waals surface area contributed by atoms with Gasteiger partial charge >= 0.3 is 0 Å². The summed E-state index contributed by atoms with van der Waals surface area (Å²) in [5.41, 5.74) is 7.45. The van der Waals surface area contributed by atoms with Gasteiger partial charge in [0.25, 0.3) is 0 Å². The van der Waals surface area contributed by atoms with Crippen molar-refractivity contribution >= 4 is 33.9 Å². The minimum atomic E-state index is 0.0457. The lowest BCUT2D eigenvalue weighted by atomic mass is 10.00. The summed E-state index contributed by atoms with van der Waals surface area (Å²) in [7, 11) is 0. The first-order valence-corrected chi connectivity index (χ1v) is 7.05. The second-order valence-corrected chi connectivity index (χ2v) is 5.22. The van der Waals surface area contributed by atoms with Gasteiger partial charge in [-0.25, -0.2) is 9.97 Å². The lowest BCUT2D eigenvalue weighted by Crippen LogP contribution is -2.11. The number of aromatic nitrogens is 2. The van der Waals surface area contributed by atoms with Crippen molar-refractivity contribution in [2.45, 2.75) is 13.0 Å². The predicted molar refractivity (Wildman–Crippen MR) is 87.4 cm³/mol. The summed E-state index contributed by atoms with van der Waals surface area (Å²) in [6.45, 7) is 2.07. The molecule has 1 unspecified atom stereocenters. The Morgan fingerprint density at radius 1 is 1.10 bits per heavy atom. The van der Waals surface area contributed by atoms with Gasteiger partial charge in [0.15, 0.2) is 11.0 Å². The van der Waals surface area contributed by atoms with Gasteiger partial charge in [-0.05, 0) is 23.3 Å². The van der Waals surface area contributed by atoms with Crippen molar-refractivity contribution in [3.05, 3.63) is 59.5 Å². The van der Waals surface area contributed by atoms with E-state index in [4.69, 9.17) is 17.3 Å². The van der Waals surface area contributed by atoms with Crippen LogP contribution < -0.4 is 11.1 Å². The summed E-state index contributed by atoms with van der Waals surface area (Å²) in [6.07, 6.45) is 1.40. The van der Waals surface area contributed by atoms with Crippen molar-refractivity contribution in [1.29, 1.82) is 0 Å². The highest BCUT2D eigenvalue weighted by Gasteiger charge is 2.12. The van der Waals surface area contributed by atoms with Gasteiger partial charge in [0, 0.05) is 0 Å². The number of anilines is 2. The molecule has 3 aromatic rings. The topological polar surface area (TPSA) is 63.8 Å². The molecule has 2 aromatic carbocycles. The quantitative estimate of drug-likeness (QED) is 0.716. The van der Waals surface area contributed by atoms with Crippen LogP contribution in [0.2, 0.25) is 5.15 Å². The van der Waals surface area contributed by atoms with E-state index < -0.39 is 0 Å². The monoisotopic (exact) mass is 298 g/mol. The molecule has 0 fully saturated rings. The molecule has 0 aliphatic carbocycles. The van der Waals surface area contributed by atoms with Crippen LogP contribution in [0, 0.1) is 0 Å². The van der Waals surface area contributed by atoms with E-state index in [-0.39, 0.29) is 11.2 Å². The molecule has 3 N–H and O–H groups in total. The first-order chi connectivity index (χ1) is 10.2. The minimum absolute atomic E-state index is 0.0457. The molecular weight excluding hydrogens is 284 g/mol. The molecule has 4 nitrogen and oxygen atoms in total. The molecule has 0 bridgehead atoms.